The standard InChI is InChI=1S/C11H13ClN2/c1-11(2,3)8-4-5-9(12)7(6-13)10(8)14/h4-5H,14H2,1-3H3. The summed E-state index contributed by atoms with van der Waals surface area (Å²) in [6.45, 7) is 6.15. The lowest BCUT2D eigenvalue weighted by Gasteiger charge is -2.21. The van der Waals surface area contributed by atoms with Crippen LogP contribution in [0.15, 0.2) is 12.1 Å². The molecule has 0 spiro atoms. The molecule has 0 bridgehead atoms. The fourth-order valence-corrected chi connectivity index (χ4v) is 1.57. The van der Waals surface area contributed by atoms with E-state index in [-0.39, 0.29) is 5.41 Å². The zero-order chi connectivity index (χ0) is 10.9. The van der Waals surface area contributed by atoms with Crippen molar-refractivity contribution in [1.82, 2.24) is 0 Å². The molecule has 1 aromatic carbocycles. The summed E-state index contributed by atoms with van der Waals surface area (Å²) in [6.07, 6.45) is 0. The third-order valence-corrected chi connectivity index (χ3v) is 2.43. The first-order valence-electron chi connectivity index (χ1n) is 4.36. The van der Waals surface area contributed by atoms with Gasteiger partial charge in [-0.2, -0.15) is 5.26 Å². The first kappa shape index (κ1) is 10.9. The maximum atomic E-state index is 8.87. The van der Waals surface area contributed by atoms with Gasteiger partial charge in [0.2, 0.25) is 0 Å². The molecule has 0 saturated carbocycles. The predicted molar refractivity (Wildman–Crippen MR) is 59.3 cm³/mol. The van der Waals surface area contributed by atoms with E-state index in [0.29, 0.717) is 16.3 Å². The lowest BCUT2D eigenvalue weighted by atomic mass is 9.85. The van der Waals surface area contributed by atoms with Crippen molar-refractivity contribution in [3.05, 3.63) is 28.3 Å². The number of rotatable bonds is 0. The number of halogens is 1. The van der Waals surface area contributed by atoms with E-state index in [0.717, 1.165) is 5.56 Å². The smallest absolute Gasteiger partial charge is 0.103 e. The van der Waals surface area contributed by atoms with E-state index in [1.165, 1.54) is 0 Å². The molecule has 1 rings (SSSR count). The van der Waals surface area contributed by atoms with Crippen molar-refractivity contribution in [2.45, 2.75) is 26.2 Å². The van der Waals surface area contributed by atoms with E-state index in [4.69, 9.17) is 22.6 Å². The Hall–Kier alpha value is -1.20. The van der Waals surface area contributed by atoms with Crippen molar-refractivity contribution in [2.24, 2.45) is 0 Å². The van der Waals surface area contributed by atoms with Gasteiger partial charge >= 0.3 is 0 Å². The van der Waals surface area contributed by atoms with E-state index < -0.39 is 0 Å². The van der Waals surface area contributed by atoms with Gasteiger partial charge in [-0.05, 0) is 17.0 Å². The van der Waals surface area contributed by atoms with E-state index >= 15 is 0 Å². The van der Waals surface area contributed by atoms with Crippen LogP contribution in [0.1, 0.15) is 31.9 Å². The lowest BCUT2D eigenvalue weighted by molar-refractivity contribution is 0.592. The second-order valence-electron chi connectivity index (χ2n) is 4.25. The molecule has 74 valence electrons. The molecule has 2 N–H and O–H groups in total. The number of anilines is 1. The number of hydrogen-bond donors (Lipinski definition) is 1. The van der Waals surface area contributed by atoms with Gasteiger partial charge in [0.25, 0.3) is 0 Å². The van der Waals surface area contributed by atoms with Crippen molar-refractivity contribution >= 4 is 17.3 Å². The minimum absolute atomic E-state index is 0.0692. The van der Waals surface area contributed by atoms with Crippen LogP contribution < -0.4 is 5.73 Å². The number of nitrogen functional groups attached to an aromatic ring is 1. The quantitative estimate of drug-likeness (QED) is 0.666. The fraction of sp³-hybridized carbons (Fsp3) is 0.364. The summed E-state index contributed by atoms with van der Waals surface area (Å²) in [5.41, 5.74) is 7.63. The Kier molecular flexibility index (Phi) is 2.73. The molecule has 0 amide bonds. The second kappa shape index (κ2) is 3.51. The Morgan fingerprint density at radius 2 is 1.93 bits per heavy atom. The average Bonchev–Trinajstić information content (AvgIpc) is 2.02. The summed E-state index contributed by atoms with van der Waals surface area (Å²) in [5, 5.41) is 9.29. The van der Waals surface area contributed by atoms with Crippen LogP contribution in [0.4, 0.5) is 5.69 Å². The summed E-state index contributed by atoms with van der Waals surface area (Å²) < 4.78 is 0. The lowest BCUT2D eigenvalue weighted by Crippen LogP contribution is -2.14. The number of nitriles is 1. The van der Waals surface area contributed by atoms with Crippen LogP contribution in [0.2, 0.25) is 5.02 Å². The van der Waals surface area contributed by atoms with Crippen molar-refractivity contribution in [3.8, 4) is 6.07 Å². The molecule has 0 aliphatic carbocycles. The molecule has 0 unspecified atom stereocenters. The van der Waals surface area contributed by atoms with Crippen LogP contribution in [0.25, 0.3) is 0 Å². The molecule has 0 radical (unpaired) electrons. The van der Waals surface area contributed by atoms with Crippen LogP contribution in [0.3, 0.4) is 0 Å². The molecule has 3 heteroatoms. The average molecular weight is 209 g/mol. The van der Waals surface area contributed by atoms with Crippen LogP contribution in [0.5, 0.6) is 0 Å². The van der Waals surface area contributed by atoms with Crippen LogP contribution >= 0.6 is 11.6 Å². The van der Waals surface area contributed by atoms with E-state index in [1.807, 2.05) is 32.9 Å². The first-order chi connectivity index (χ1) is 6.38. The number of nitrogens with two attached hydrogens (primary N) is 1. The highest BCUT2D eigenvalue weighted by molar-refractivity contribution is 6.32. The summed E-state index contributed by atoms with van der Waals surface area (Å²) in [6, 6.07) is 5.61. The monoisotopic (exact) mass is 208 g/mol. The van der Waals surface area contributed by atoms with Gasteiger partial charge in [-0.1, -0.05) is 38.4 Å². The molecule has 0 aliphatic rings. The van der Waals surface area contributed by atoms with E-state index in [2.05, 4.69) is 0 Å². The SMILES string of the molecule is CC(C)(C)c1ccc(Cl)c(C#N)c1N. The molecular formula is C11H13ClN2. The second-order valence-corrected chi connectivity index (χ2v) is 4.65. The Morgan fingerprint density at radius 3 is 2.36 bits per heavy atom. The number of hydrogen-bond acceptors (Lipinski definition) is 2. The van der Waals surface area contributed by atoms with Crippen LogP contribution in [0, 0.1) is 11.3 Å². The van der Waals surface area contributed by atoms with Gasteiger partial charge in [-0.25, -0.2) is 0 Å². The summed E-state index contributed by atoms with van der Waals surface area (Å²) in [4.78, 5) is 0. The normalized spacial score (nSPS) is 11.1. The highest BCUT2D eigenvalue weighted by atomic mass is 35.5. The van der Waals surface area contributed by atoms with Gasteiger partial charge in [0, 0.05) is 0 Å². The van der Waals surface area contributed by atoms with Gasteiger partial charge in [0.15, 0.2) is 0 Å². The van der Waals surface area contributed by atoms with Crippen LogP contribution in [-0.2, 0) is 5.41 Å². The molecule has 0 saturated heterocycles. The maximum Gasteiger partial charge on any atom is 0.103 e. The highest BCUT2D eigenvalue weighted by Crippen LogP contribution is 2.33. The van der Waals surface area contributed by atoms with Crippen molar-refractivity contribution in [1.29, 1.82) is 5.26 Å². The Bertz CT molecular complexity index is 397. The Morgan fingerprint density at radius 1 is 1.36 bits per heavy atom. The molecule has 2 nitrogen and oxygen atoms in total. The summed E-state index contributed by atoms with van der Waals surface area (Å²) >= 11 is 5.85. The zero-order valence-corrected chi connectivity index (χ0v) is 9.31. The highest BCUT2D eigenvalue weighted by Gasteiger charge is 2.19. The minimum Gasteiger partial charge on any atom is -0.397 e. The number of nitrogens with zero attached hydrogens (tertiary/aromatic N) is 1. The predicted octanol–water partition coefficient (Wildman–Crippen LogP) is 3.09. The topological polar surface area (TPSA) is 49.8 Å². The van der Waals surface area contributed by atoms with Crippen LogP contribution in [-0.4, -0.2) is 0 Å². The molecule has 0 atom stereocenters. The molecular weight excluding hydrogens is 196 g/mol. The fourth-order valence-electron chi connectivity index (χ4n) is 1.36. The largest absolute Gasteiger partial charge is 0.397 e. The Labute approximate surface area is 89.3 Å². The van der Waals surface area contributed by atoms with Gasteiger partial charge in [0.1, 0.15) is 6.07 Å². The third-order valence-electron chi connectivity index (χ3n) is 2.11. The van der Waals surface area contributed by atoms with Crippen molar-refractivity contribution in [2.75, 3.05) is 5.73 Å². The Balaban J connectivity index is 3.46. The van der Waals surface area contributed by atoms with Gasteiger partial charge in [0.05, 0.1) is 16.3 Å². The number of benzene rings is 1. The third kappa shape index (κ3) is 1.83. The van der Waals surface area contributed by atoms with Crippen molar-refractivity contribution in [3.63, 3.8) is 0 Å². The summed E-state index contributed by atoms with van der Waals surface area (Å²) in [5.74, 6) is 0. The first-order valence-corrected chi connectivity index (χ1v) is 4.74. The summed E-state index contributed by atoms with van der Waals surface area (Å²) in [7, 11) is 0. The molecule has 0 aromatic heterocycles. The molecule has 0 heterocycles. The molecule has 0 aliphatic heterocycles. The van der Waals surface area contributed by atoms with Crippen molar-refractivity contribution < 1.29 is 0 Å². The van der Waals surface area contributed by atoms with Gasteiger partial charge in [-0.15, -0.1) is 0 Å². The van der Waals surface area contributed by atoms with Gasteiger partial charge < -0.3 is 5.73 Å². The van der Waals surface area contributed by atoms with E-state index in [9.17, 15) is 0 Å². The van der Waals surface area contributed by atoms with E-state index in [1.54, 1.807) is 6.07 Å². The minimum atomic E-state index is -0.0692. The molecule has 1 aromatic rings. The maximum absolute atomic E-state index is 8.87. The molecule has 14 heavy (non-hydrogen) atoms. The zero-order valence-electron chi connectivity index (χ0n) is 8.56. The van der Waals surface area contributed by atoms with Gasteiger partial charge in [-0.3, -0.25) is 0 Å². The molecule has 0 fully saturated rings.